The van der Waals surface area contributed by atoms with E-state index in [0.717, 1.165) is 41.5 Å². The minimum atomic E-state index is -2.60. The molecule has 8 heteroatoms. The summed E-state index contributed by atoms with van der Waals surface area (Å²) in [5.74, 6) is 2.35. The van der Waals surface area contributed by atoms with Crippen LogP contribution in [0.15, 0.2) is 57.4 Å². The molecule has 0 spiro atoms. The zero-order chi connectivity index (χ0) is 20.4. The summed E-state index contributed by atoms with van der Waals surface area (Å²) in [5.41, 5.74) is 2.16. The zero-order valence-corrected chi connectivity index (χ0v) is 19.0. The second-order valence-corrected chi connectivity index (χ2v) is 11.3. The van der Waals surface area contributed by atoms with Gasteiger partial charge in [0, 0.05) is 38.6 Å². The first-order chi connectivity index (χ1) is 13.9. The van der Waals surface area contributed by atoms with Gasteiger partial charge in [0.05, 0.1) is 12.1 Å². The van der Waals surface area contributed by atoms with Crippen LogP contribution in [0.25, 0.3) is 0 Å². The van der Waals surface area contributed by atoms with Crippen LogP contribution in [0.1, 0.15) is 31.2 Å². The fourth-order valence-electron chi connectivity index (χ4n) is 4.47. The number of rotatable bonds is 6. The highest BCUT2D eigenvalue weighted by molar-refractivity contribution is 9.10. The van der Waals surface area contributed by atoms with Crippen LogP contribution in [-0.2, 0) is 15.5 Å². The highest BCUT2D eigenvalue weighted by Gasteiger charge is 2.30. The van der Waals surface area contributed by atoms with Crippen molar-refractivity contribution in [2.24, 2.45) is 10.9 Å². The molecule has 0 aromatic heterocycles. The van der Waals surface area contributed by atoms with E-state index in [0.29, 0.717) is 23.5 Å². The van der Waals surface area contributed by atoms with Gasteiger partial charge in [-0.05, 0) is 61.6 Å². The Morgan fingerprint density at radius 3 is 2.69 bits per heavy atom. The van der Waals surface area contributed by atoms with E-state index in [-0.39, 0.29) is 6.17 Å². The molecule has 2 atom stereocenters. The molecule has 29 heavy (non-hydrogen) atoms. The summed E-state index contributed by atoms with van der Waals surface area (Å²) < 4.78 is 22.3. The van der Waals surface area contributed by atoms with Gasteiger partial charge in [0.25, 0.3) is 0 Å². The molecule has 3 N–H and O–H groups in total. The van der Waals surface area contributed by atoms with Crippen LogP contribution in [0.3, 0.4) is 0 Å². The van der Waals surface area contributed by atoms with Crippen molar-refractivity contribution in [3.63, 3.8) is 0 Å². The van der Waals surface area contributed by atoms with Crippen molar-refractivity contribution in [1.82, 2.24) is 15.5 Å². The first-order valence-corrected chi connectivity index (χ1v) is 12.8. The number of nitrogens with one attached hydrogen (secondary N) is 3. The van der Waals surface area contributed by atoms with Crippen LogP contribution in [0, 0.1) is 10.7 Å². The molecular formula is C21H28BrN5OS. The quantitative estimate of drug-likeness (QED) is 0.582. The zero-order valence-electron chi connectivity index (χ0n) is 16.6. The Balaban J connectivity index is 1.32. The summed E-state index contributed by atoms with van der Waals surface area (Å²) in [6.07, 6.45) is 10.0. The van der Waals surface area contributed by atoms with Gasteiger partial charge in [-0.2, -0.15) is 0 Å². The SMILES string of the molecule is CN(C1=C2C=CNC2N=CN1)C1CCC(CS(=N)(=O)Cc2ccc(Br)cc2)CC1. The topological polar surface area (TPSA) is 80.6 Å². The molecular weight excluding hydrogens is 450 g/mol. The average molecular weight is 478 g/mol. The van der Waals surface area contributed by atoms with Gasteiger partial charge in [-0.25, -0.2) is 9.20 Å². The summed E-state index contributed by atoms with van der Waals surface area (Å²) in [6.45, 7) is 0. The van der Waals surface area contributed by atoms with Crippen molar-refractivity contribution in [2.45, 2.75) is 43.6 Å². The number of halogens is 1. The lowest BCUT2D eigenvalue weighted by atomic mass is 9.86. The maximum Gasteiger partial charge on any atom is 0.149 e. The van der Waals surface area contributed by atoms with Crippen molar-refractivity contribution in [2.75, 3.05) is 12.8 Å². The number of hydrogen-bond acceptors (Lipinski definition) is 6. The Kier molecular flexibility index (Phi) is 6.01. The van der Waals surface area contributed by atoms with Gasteiger partial charge in [-0.1, -0.05) is 28.1 Å². The van der Waals surface area contributed by atoms with Crippen molar-refractivity contribution in [3.05, 3.63) is 58.0 Å². The summed E-state index contributed by atoms with van der Waals surface area (Å²) in [5, 5.41) is 6.56. The molecule has 6 nitrogen and oxygen atoms in total. The van der Waals surface area contributed by atoms with Crippen LogP contribution in [0.2, 0.25) is 0 Å². The van der Waals surface area contributed by atoms with E-state index in [1.807, 2.05) is 30.5 Å². The Labute approximate surface area is 181 Å². The van der Waals surface area contributed by atoms with Gasteiger partial charge in [0.2, 0.25) is 0 Å². The molecule has 0 amide bonds. The third-order valence-corrected chi connectivity index (χ3v) is 8.38. The molecule has 3 aliphatic rings. The number of fused-ring (bicyclic) bond motifs is 1. The normalized spacial score (nSPS) is 27.7. The third-order valence-electron chi connectivity index (χ3n) is 6.04. The molecule has 4 rings (SSSR count). The highest BCUT2D eigenvalue weighted by Crippen LogP contribution is 2.31. The van der Waals surface area contributed by atoms with E-state index in [9.17, 15) is 4.21 Å². The molecule has 2 heterocycles. The minimum Gasteiger partial charge on any atom is -0.366 e. The molecule has 0 radical (unpaired) electrons. The standard InChI is InChI=1S/C21H28BrN5OS/c1-27(21-19-10-11-24-20(19)25-14-26-21)18-8-4-16(5-9-18)13-29(23,28)12-15-2-6-17(22)7-3-15/h2-3,6-7,10-11,14,16,18,20,23-24H,4-5,8-9,12-13H2,1H3,(H,25,26). The molecule has 156 valence electrons. The second-order valence-electron chi connectivity index (χ2n) is 8.16. The van der Waals surface area contributed by atoms with E-state index in [4.69, 9.17) is 4.78 Å². The molecule has 1 aliphatic carbocycles. The van der Waals surface area contributed by atoms with E-state index >= 15 is 0 Å². The fraction of sp³-hybridized carbons (Fsp3) is 0.476. The number of hydrogen-bond donors (Lipinski definition) is 3. The summed E-state index contributed by atoms with van der Waals surface area (Å²) in [7, 11) is -0.460. The lowest BCUT2D eigenvalue weighted by Gasteiger charge is -2.38. The maximum absolute atomic E-state index is 12.9. The van der Waals surface area contributed by atoms with E-state index < -0.39 is 9.73 Å². The number of nitrogens with zero attached hydrogens (tertiary/aromatic N) is 2. The third kappa shape index (κ3) is 4.86. The van der Waals surface area contributed by atoms with Crippen LogP contribution < -0.4 is 10.6 Å². The van der Waals surface area contributed by atoms with Crippen molar-refractivity contribution in [3.8, 4) is 0 Å². The van der Waals surface area contributed by atoms with E-state index in [1.54, 1.807) is 6.34 Å². The van der Waals surface area contributed by atoms with Gasteiger partial charge in [-0.15, -0.1) is 0 Å². The average Bonchev–Trinajstić information content (AvgIpc) is 3.18. The van der Waals surface area contributed by atoms with Gasteiger partial charge in [0.15, 0.2) is 0 Å². The Bertz CT molecular complexity index is 930. The van der Waals surface area contributed by atoms with Crippen LogP contribution in [0.4, 0.5) is 0 Å². The molecule has 0 bridgehead atoms. The van der Waals surface area contributed by atoms with E-state index in [1.165, 1.54) is 5.57 Å². The van der Waals surface area contributed by atoms with Gasteiger partial charge < -0.3 is 15.5 Å². The number of aliphatic imine (C=N–C) groups is 1. The molecule has 1 aromatic carbocycles. The first-order valence-electron chi connectivity index (χ1n) is 10.1. The Hall–Kier alpha value is -1.80. The summed E-state index contributed by atoms with van der Waals surface area (Å²) in [6, 6.07) is 8.27. The molecule has 1 fully saturated rings. The minimum absolute atomic E-state index is 0.0247. The predicted octanol–water partition coefficient (Wildman–Crippen LogP) is 3.77. The number of benzene rings is 1. The lowest BCUT2D eigenvalue weighted by molar-refractivity contribution is 0.200. The predicted molar refractivity (Wildman–Crippen MR) is 122 cm³/mol. The maximum atomic E-state index is 12.9. The van der Waals surface area contributed by atoms with Crippen molar-refractivity contribution in [1.29, 1.82) is 4.78 Å². The molecule has 1 aromatic rings. The van der Waals surface area contributed by atoms with Crippen LogP contribution in [-0.4, -0.2) is 40.5 Å². The molecule has 1 saturated carbocycles. The fourth-order valence-corrected chi connectivity index (χ4v) is 6.68. The highest BCUT2D eigenvalue weighted by atomic mass is 79.9. The second kappa shape index (κ2) is 8.52. The molecule has 2 aliphatic heterocycles. The van der Waals surface area contributed by atoms with Crippen molar-refractivity contribution < 1.29 is 4.21 Å². The Morgan fingerprint density at radius 2 is 1.97 bits per heavy atom. The smallest absolute Gasteiger partial charge is 0.149 e. The first kappa shape index (κ1) is 20.5. The van der Waals surface area contributed by atoms with E-state index in [2.05, 4.69) is 49.6 Å². The van der Waals surface area contributed by atoms with Crippen LogP contribution >= 0.6 is 15.9 Å². The summed E-state index contributed by atoms with van der Waals surface area (Å²) in [4.78, 5) is 6.75. The van der Waals surface area contributed by atoms with Crippen molar-refractivity contribution >= 4 is 32.0 Å². The van der Waals surface area contributed by atoms with Crippen LogP contribution in [0.5, 0.6) is 0 Å². The van der Waals surface area contributed by atoms with Gasteiger partial charge in [-0.3, -0.25) is 4.78 Å². The monoisotopic (exact) mass is 477 g/mol. The lowest BCUT2D eigenvalue weighted by Crippen LogP contribution is -2.43. The van der Waals surface area contributed by atoms with Gasteiger partial charge >= 0.3 is 0 Å². The molecule has 0 saturated heterocycles. The Morgan fingerprint density at radius 1 is 1.24 bits per heavy atom. The largest absolute Gasteiger partial charge is 0.366 e. The molecule has 2 unspecified atom stereocenters. The summed E-state index contributed by atoms with van der Waals surface area (Å²) >= 11 is 3.42. The van der Waals surface area contributed by atoms with Gasteiger partial charge in [0.1, 0.15) is 12.0 Å².